The molecule has 0 bridgehead atoms. The Morgan fingerprint density at radius 1 is 1.31 bits per heavy atom. The van der Waals surface area contributed by atoms with Gasteiger partial charge in [-0.2, -0.15) is 0 Å². The molecule has 1 aromatic carbocycles. The molecule has 1 aromatic rings. The van der Waals surface area contributed by atoms with E-state index < -0.39 is 0 Å². The van der Waals surface area contributed by atoms with E-state index in [9.17, 15) is 4.79 Å². The van der Waals surface area contributed by atoms with Gasteiger partial charge >= 0.3 is 0 Å². The third-order valence-electron chi connectivity index (χ3n) is 2.93. The van der Waals surface area contributed by atoms with Gasteiger partial charge in [-0.15, -0.1) is 0 Å². The SMILES string of the molecule is COc1cccc2c1C(=O)N(C(C)(C)C)C2. The molecule has 0 radical (unpaired) electrons. The molecular formula is C13H17NO2. The highest BCUT2D eigenvalue weighted by Gasteiger charge is 2.36. The molecule has 1 aliphatic rings. The first-order valence-electron chi connectivity index (χ1n) is 5.43. The Labute approximate surface area is 96.0 Å². The van der Waals surface area contributed by atoms with Crippen LogP contribution in [0.1, 0.15) is 36.7 Å². The van der Waals surface area contributed by atoms with Crippen molar-refractivity contribution in [3.8, 4) is 5.75 Å². The number of ether oxygens (including phenoxy) is 1. The van der Waals surface area contributed by atoms with Crippen LogP contribution in [0.2, 0.25) is 0 Å². The van der Waals surface area contributed by atoms with Gasteiger partial charge in [-0.05, 0) is 32.4 Å². The predicted molar refractivity (Wildman–Crippen MR) is 62.6 cm³/mol. The summed E-state index contributed by atoms with van der Waals surface area (Å²) in [5.74, 6) is 0.745. The molecule has 1 heterocycles. The largest absolute Gasteiger partial charge is 0.496 e. The standard InChI is InChI=1S/C13H17NO2/c1-13(2,3)14-8-9-6-5-7-10(16-4)11(9)12(14)15/h5-7H,8H2,1-4H3. The fourth-order valence-electron chi connectivity index (χ4n) is 2.04. The molecule has 0 fully saturated rings. The monoisotopic (exact) mass is 219 g/mol. The highest BCUT2D eigenvalue weighted by atomic mass is 16.5. The van der Waals surface area contributed by atoms with Gasteiger partial charge in [0.2, 0.25) is 0 Å². The zero-order valence-electron chi connectivity index (χ0n) is 10.2. The van der Waals surface area contributed by atoms with E-state index in [4.69, 9.17) is 4.74 Å². The highest BCUT2D eigenvalue weighted by Crippen LogP contribution is 2.34. The maximum Gasteiger partial charge on any atom is 0.258 e. The van der Waals surface area contributed by atoms with Gasteiger partial charge < -0.3 is 9.64 Å². The minimum Gasteiger partial charge on any atom is -0.496 e. The minimum atomic E-state index is -0.152. The summed E-state index contributed by atoms with van der Waals surface area (Å²) in [6.45, 7) is 6.81. The van der Waals surface area contributed by atoms with Crippen LogP contribution in [0.15, 0.2) is 18.2 Å². The first-order chi connectivity index (χ1) is 7.45. The molecule has 2 rings (SSSR count). The number of benzene rings is 1. The van der Waals surface area contributed by atoms with Gasteiger partial charge in [0.05, 0.1) is 12.7 Å². The van der Waals surface area contributed by atoms with E-state index in [1.54, 1.807) is 7.11 Å². The molecule has 1 amide bonds. The number of amides is 1. The number of hydrogen-bond donors (Lipinski definition) is 0. The van der Waals surface area contributed by atoms with Crippen LogP contribution in [-0.2, 0) is 6.54 Å². The van der Waals surface area contributed by atoms with Crippen LogP contribution in [-0.4, -0.2) is 23.5 Å². The molecule has 0 aromatic heterocycles. The predicted octanol–water partition coefficient (Wildman–Crippen LogP) is 2.45. The molecule has 0 saturated carbocycles. The fourth-order valence-corrected chi connectivity index (χ4v) is 2.04. The van der Waals surface area contributed by atoms with Crippen molar-refractivity contribution in [2.75, 3.05) is 7.11 Å². The lowest BCUT2D eigenvalue weighted by Crippen LogP contribution is -2.41. The topological polar surface area (TPSA) is 29.5 Å². The normalized spacial score (nSPS) is 15.2. The molecule has 0 saturated heterocycles. The average molecular weight is 219 g/mol. The zero-order valence-corrected chi connectivity index (χ0v) is 10.2. The van der Waals surface area contributed by atoms with Crippen molar-refractivity contribution in [1.82, 2.24) is 4.90 Å². The van der Waals surface area contributed by atoms with Gasteiger partial charge in [-0.3, -0.25) is 4.79 Å². The van der Waals surface area contributed by atoms with Crippen LogP contribution in [0, 0.1) is 0 Å². The lowest BCUT2D eigenvalue weighted by Gasteiger charge is -2.31. The van der Waals surface area contributed by atoms with E-state index in [1.165, 1.54) is 0 Å². The van der Waals surface area contributed by atoms with E-state index in [-0.39, 0.29) is 11.4 Å². The second-order valence-electron chi connectivity index (χ2n) is 5.06. The van der Waals surface area contributed by atoms with Crippen molar-refractivity contribution in [3.05, 3.63) is 29.3 Å². The molecule has 3 nitrogen and oxygen atoms in total. The molecule has 0 aliphatic carbocycles. The summed E-state index contributed by atoms with van der Waals surface area (Å²) >= 11 is 0. The van der Waals surface area contributed by atoms with Gasteiger partial charge in [0, 0.05) is 12.1 Å². The third-order valence-corrected chi connectivity index (χ3v) is 2.93. The fraction of sp³-hybridized carbons (Fsp3) is 0.462. The Kier molecular flexibility index (Phi) is 2.41. The molecule has 0 atom stereocenters. The zero-order chi connectivity index (χ0) is 11.9. The summed E-state index contributed by atoms with van der Waals surface area (Å²) in [6.07, 6.45) is 0. The van der Waals surface area contributed by atoms with Crippen LogP contribution in [0.25, 0.3) is 0 Å². The molecule has 0 N–H and O–H groups in total. The Hall–Kier alpha value is -1.51. The maximum atomic E-state index is 12.3. The quantitative estimate of drug-likeness (QED) is 0.726. The summed E-state index contributed by atoms with van der Waals surface area (Å²) in [7, 11) is 1.60. The van der Waals surface area contributed by atoms with Gasteiger partial charge in [-0.1, -0.05) is 12.1 Å². The smallest absolute Gasteiger partial charge is 0.258 e. The van der Waals surface area contributed by atoms with Crippen molar-refractivity contribution in [3.63, 3.8) is 0 Å². The van der Waals surface area contributed by atoms with E-state index in [2.05, 4.69) is 0 Å². The number of fused-ring (bicyclic) bond motifs is 1. The van der Waals surface area contributed by atoms with Gasteiger partial charge in [0.15, 0.2) is 0 Å². The molecule has 16 heavy (non-hydrogen) atoms. The molecule has 0 unspecified atom stereocenters. The van der Waals surface area contributed by atoms with Gasteiger partial charge in [-0.25, -0.2) is 0 Å². The Morgan fingerprint density at radius 2 is 2.00 bits per heavy atom. The molecular weight excluding hydrogens is 202 g/mol. The molecule has 1 aliphatic heterocycles. The summed E-state index contributed by atoms with van der Waals surface area (Å²) in [5, 5.41) is 0. The van der Waals surface area contributed by atoms with Crippen LogP contribution < -0.4 is 4.74 Å². The van der Waals surface area contributed by atoms with Crippen LogP contribution in [0.5, 0.6) is 5.75 Å². The summed E-state index contributed by atoms with van der Waals surface area (Å²) in [5.41, 5.74) is 1.63. The summed E-state index contributed by atoms with van der Waals surface area (Å²) < 4.78 is 5.24. The van der Waals surface area contributed by atoms with Crippen molar-refractivity contribution in [2.45, 2.75) is 32.9 Å². The lowest BCUT2D eigenvalue weighted by molar-refractivity contribution is 0.0607. The van der Waals surface area contributed by atoms with Crippen molar-refractivity contribution < 1.29 is 9.53 Å². The number of carbonyl (C=O) groups is 1. The Bertz CT molecular complexity index is 432. The first kappa shape index (κ1) is 11.0. The van der Waals surface area contributed by atoms with E-state index in [1.807, 2.05) is 43.9 Å². The minimum absolute atomic E-state index is 0.0694. The van der Waals surface area contributed by atoms with Gasteiger partial charge in [0.1, 0.15) is 5.75 Å². The second-order valence-corrected chi connectivity index (χ2v) is 5.06. The van der Waals surface area contributed by atoms with Crippen molar-refractivity contribution in [2.24, 2.45) is 0 Å². The van der Waals surface area contributed by atoms with Crippen LogP contribution in [0.3, 0.4) is 0 Å². The second kappa shape index (κ2) is 3.51. The average Bonchev–Trinajstić information content (AvgIpc) is 2.56. The molecule has 3 heteroatoms. The maximum absolute atomic E-state index is 12.3. The number of rotatable bonds is 1. The first-order valence-corrected chi connectivity index (χ1v) is 5.43. The Balaban J connectivity index is 2.47. The number of nitrogens with zero attached hydrogens (tertiary/aromatic N) is 1. The van der Waals surface area contributed by atoms with Crippen LogP contribution in [0.4, 0.5) is 0 Å². The number of hydrogen-bond acceptors (Lipinski definition) is 2. The van der Waals surface area contributed by atoms with E-state index in [0.717, 1.165) is 11.1 Å². The lowest BCUT2D eigenvalue weighted by atomic mass is 10.1. The van der Waals surface area contributed by atoms with Crippen molar-refractivity contribution in [1.29, 1.82) is 0 Å². The molecule has 86 valence electrons. The number of methoxy groups -OCH3 is 1. The highest BCUT2D eigenvalue weighted by molar-refractivity contribution is 6.01. The summed E-state index contributed by atoms with van der Waals surface area (Å²) in [4.78, 5) is 14.1. The molecule has 0 spiro atoms. The van der Waals surface area contributed by atoms with Crippen molar-refractivity contribution >= 4 is 5.91 Å². The Morgan fingerprint density at radius 3 is 2.56 bits per heavy atom. The van der Waals surface area contributed by atoms with E-state index in [0.29, 0.717) is 12.3 Å². The van der Waals surface area contributed by atoms with Gasteiger partial charge in [0.25, 0.3) is 5.91 Å². The summed E-state index contributed by atoms with van der Waals surface area (Å²) in [6, 6.07) is 5.75. The third kappa shape index (κ3) is 1.56. The van der Waals surface area contributed by atoms with Crippen LogP contribution >= 0.6 is 0 Å². The van der Waals surface area contributed by atoms with E-state index >= 15 is 0 Å². The number of carbonyl (C=O) groups excluding carboxylic acids is 1.